The molecule has 3 aliphatic rings. The van der Waals surface area contributed by atoms with Gasteiger partial charge in [0.05, 0.1) is 12.6 Å². The summed E-state index contributed by atoms with van der Waals surface area (Å²) in [6.07, 6.45) is 1.64. The highest BCUT2D eigenvalue weighted by Gasteiger charge is 2.44. The lowest BCUT2D eigenvalue weighted by atomic mass is 10.1. The predicted molar refractivity (Wildman–Crippen MR) is 80.7 cm³/mol. The van der Waals surface area contributed by atoms with Crippen molar-refractivity contribution in [1.29, 1.82) is 0 Å². The first-order valence-corrected chi connectivity index (χ1v) is 7.76. The standard InChI is InChI=1S/C14H21F2N3O3.ClH/c15-14(16)7-11(17-8-14)12(20)18-10-1-4-19(13(10)21)9-2-5-22-6-3-9;/h9-11,17H,1-8H2,(H,18,20);1H. The van der Waals surface area contributed by atoms with E-state index in [2.05, 4.69) is 10.6 Å². The first kappa shape index (κ1) is 18.4. The van der Waals surface area contributed by atoms with Crippen molar-refractivity contribution in [1.82, 2.24) is 15.5 Å². The van der Waals surface area contributed by atoms with E-state index in [-0.39, 0.29) is 24.4 Å². The molecule has 132 valence electrons. The first-order valence-electron chi connectivity index (χ1n) is 7.76. The Morgan fingerprint density at radius 1 is 1.30 bits per heavy atom. The summed E-state index contributed by atoms with van der Waals surface area (Å²) >= 11 is 0. The molecule has 0 bridgehead atoms. The molecule has 0 aromatic carbocycles. The van der Waals surface area contributed by atoms with Crippen LogP contribution in [0.5, 0.6) is 0 Å². The van der Waals surface area contributed by atoms with Gasteiger partial charge < -0.3 is 15.0 Å². The van der Waals surface area contributed by atoms with Crippen LogP contribution in [0.4, 0.5) is 8.78 Å². The Balaban J connectivity index is 0.00000192. The third-order valence-corrected chi connectivity index (χ3v) is 4.61. The maximum Gasteiger partial charge on any atom is 0.262 e. The van der Waals surface area contributed by atoms with E-state index in [1.165, 1.54) is 0 Å². The molecular formula is C14H22ClF2N3O3. The maximum absolute atomic E-state index is 13.1. The van der Waals surface area contributed by atoms with Gasteiger partial charge in [-0.25, -0.2) is 8.78 Å². The quantitative estimate of drug-likeness (QED) is 0.765. The second-order valence-corrected chi connectivity index (χ2v) is 6.22. The van der Waals surface area contributed by atoms with Gasteiger partial charge in [0, 0.05) is 32.2 Å². The number of carbonyl (C=O) groups excluding carboxylic acids is 2. The maximum atomic E-state index is 13.1. The summed E-state index contributed by atoms with van der Waals surface area (Å²) in [5, 5.41) is 5.13. The number of alkyl halides is 2. The summed E-state index contributed by atoms with van der Waals surface area (Å²) < 4.78 is 31.5. The van der Waals surface area contributed by atoms with Crippen molar-refractivity contribution in [3.05, 3.63) is 0 Å². The van der Waals surface area contributed by atoms with Gasteiger partial charge in [-0.15, -0.1) is 12.4 Å². The number of halogens is 3. The first-order chi connectivity index (χ1) is 10.5. The summed E-state index contributed by atoms with van der Waals surface area (Å²) in [5.41, 5.74) is 0. The van der Waals surface area contributed by atoms with Crippen molar-refractivity contribution in [2.75, 3.05) is 26.3 Å². The Kier molecular flexibility index (Phi) is 5.80. The Hall–Kier alpha value is -0.990. The van der Waals surface area contributed by atoms with Crippen LogP contribution < -0.4 is 10.6 Å². The van der Waals surface area contributed by atoms with Gasteiger partial charge in [-0.3, -0.25) is 14.9 Å². The van der Waals surface area contributed by atoms with Crippen LogP contribution in [0.3, 0.4) is 0 Å². The number of nitrogens with zero attached hydrogens (tertiary/aromatic N) is 1. The van der Waals surface area contributed by atoms with Crippen LogP contribution in [0.25, 0.3) is 0 Å². The molecule has 3 aliphatic heterocycles. The van der Waals surface area contributed by atoms with E-state index >= 15 is 0 Å². The van der Waals surface area contributed by atoms with E-state index in [9.17, 15) is 18.4 Å². The molecule has 0 aromatic rings. The number of rotatable bonds is 3. The van der Waals surface area contributed by atoms with Crippen molar-refractivity contribution >= 4 is 24.2 Å². The summed E-state index contributed by atoms with van der Waals surface area (Å²) in [5.74, 6) is -3.47. The average Bonchev–Trinajstić information content (AvgIpc) is 3.03. The van der Waals surface area contributed by atoms with E-state index < -0.39 is 36.9 Å². The van der Waals surface area contributed by atoms with E-state index in [1.807, 2.05) is 0 Å². The van der Waals surface area contributed by atoms with Gasteiger partial charge in [-0.05, 0) is 19.3 Å². The molecule has 2 N–H and O–H groups in total. The summed E-state index contributed by atoms with van der Waals surface area (Å²) in [4.78, 5) is 26.2. The van der Waals surface area contributed by atoms with E-state index in [1.54, 1.807) is 4.90 Å². The largest absolute Gasteiger partial charge is 0.381 e. The van der Waals surface area contributed by atoms with Gasteiger partial charge in [0.25, 0.3) is 5.92 Å². The molecule has 0 spiro atoms. The number of amides is 2. The minimum Gasteiger partial charge on any atom is -0.381 e. The molecule has 2 atom stereocenters. The fourth-order valence-corrected chi connectivity index (χ4v) is 3.37. The summed E-state index contributed by atoms with van der Waals surface area (Å²) in [6, 6.07) is -1.34. The Morgan fingerprint density at radius 2 is 2.00 bits per heavy atom. The lowest BCUT2D eigenvalue weighted by Crippen LogP contribution is -2.49. The van der Waals surface area contributed by atoms with Crippen LogP contribution in [0.1, 0.15) is 25.7 Å². The van der Waals surface area contributed by atoms with Crippen LogP contribution in [0.15, 0.2) is 0 Å². The molecule has 0 saturated carbocycles. The number of carbonyl (C=O) groups is 2. The Morgan fingerprint density at radius 3 is 2.61 bits per heavy atom. The topological polar surface area (TPSA) is 70.7 Å². The van der Waals surface area contributed by atoms with Gasteiger partial charge in [0.2, 0.25) is 11.8 Å². The zero-order valence-electron chi connectivity index (χ0n) is 12.7. The zero-order valence-corrected chi connectivity index (χ0v) is 13.5. The van der Waals surface area contributed by atoms with Gasteiger partial charge >= 0.3 is 0 Å². The number of nitrogens with one attached hydrogen (secondary N) is 2. The van der Waals surface area contributed by atoms with Crippen molar-refractivity contribution in [2.45, 2.75) is 49.7 Å². The fraction of sp³-hybridized carbons (Fsp3) is 0.857. The summed E-state index contributed by atoms with van der Waals surface area (Å²) in [6.45, 7) is 1.40. The molecular weight excluding hydrogens is 332 g/mol. The third-order valence-electron chi connectivity index (χ3n) is 4.61. The van der Waals surface area contributed by atoms with E-state index in [0.29, 0.717) is 26.2 Å². The van der Waals surface area contributed by atoms with Gasteiger partial charge in [-0.2, -0.15) is 0 Å². The molecule has 3 rings (SSSR count). The van der Waals surface area contributed by atoms with Crippen LogP contribution in [0, 0.1) is 0 Å². The lowest BCUT2D eigenvalue weighted by Gasteiger charge is -2.31. The Bertz CT molecular complexity index is 461. The van der Waals surface area contributed by atoms with Crippen molar-refractivity contribution in [3.8, 4) is 0 Å². The normalized spacial score (nSPS) is 31.0. The van der Waals surface area contributed by atoms with Crippen molar-refractivity contribution < 1.29 is 23.1 Å². The van der Waals surface area contributed by atoms with Crippen LogP contribution in [-0.4, -0.2) is 67.1 Å². The highest BCUT2D eigenvalue weighted by Crippen LogP contribution is 2.26. The van der Waals surface area contributed by atoms with Crippen LogP contribution in [0.2, 0.25) is 0 Å². The molecule has 0 radical (unpaired) electrons. The fourth-order valence-electron chi connectivity index (χ4n) is 3.37. The van der Waals surface area contributed by atoms with Crippen molar-refractivity contribution in [3.63, 3.8) is 0 Å². The zero-order chi connectivity index (χ0) is 15.7. The highest BCUT2D eigenvalue weighted by atomic mass is 35.5. The number of hydrogen-bond acceptors (Lipinski definition) is 4. The molecule has 3 heterocycles. The third kappa shape index (κ3) is 4.10. The monoisotopic (exact) mass is 353 g/mol. The summed E-state index contributed by atoms with van der Waals surface area (Å²) in [7, 11) is 0. The lowest BCUT2D eigenvalue weighted by molar-refractivity contribution is -0.135. The van der Waals surface area contributed by atoms with Gasteiger partial charge in [0.15, 0.2) is 0 Å². The molecule has 0 aromatic heterocycles. The second-order valence-electron chi connectivity index (χ2n) is 6.22. The molecule has 0 aliphatic carbocycles. The van der Waals surface area contributed by atoms with Crippen LogP contribution in [-0.2, 0) is 14.3 Å². The number of hydrogen-bond donors (Lipinski definition) is 2. The average molecular weight is 354 g/mol. The number of likely N-dealkylation sites (tertiary alicyclic amines) is 1. The van der Waals surface area contributed by atoms with Crippen molar-refractivity contribution in [2.24, 2.45) is 0 Å². The number of ether oxygens (including phenoxy) is 1. The Labute approximate surface area is 139 Å². The molecule has 2 amide bonds. The van der Waals surface area contributed by atoms with E-state index in [0.717, 1.165) is 12.8 Å². The molecule has 3 fully saturated rings. The highest BCUT2D eigenvalue weighted by molar-refractivity contribution is 5.91. The smallest absolute Gasteiger partial charge is 0.262 e. The minimum absolute atomic E-state index is 0. The molecule has 3 saturated heterocycles. The van der Waals surface area contributed by atoms with Crippen LogP contribution >= 0.6 is 12.4 Å². The molecule has 23 heavy (non-hydrogen) atoms. The molecule has 6 nitrogen and oxygen atoms in total. The minimum atomic E-state index is -2.85. The molecule has 9 heteroatoms. The second kappa shape index (κ2) is 7.27. The van der Waals surface area contributed by atoms with Gasteiger partial charge in [-0.1, -0.05) is 0 Å². The van der Waals surface area contributed by atoms with E-state index in [4.69, 9.17) is 4.74 Å². The predicted octanol–water partition coefficient (Wildman–Crippen LogP) is 0.301. The molecule has 2 unspecified atom stereocenters. The van der Waals surface area contributed by atoms with Gasteiger partial charge in [0.1, 0.15) is 6.04 Å². The SMILES string of the molecule is Cl.O=C(NC1CCN(C2CCOCC2)C1=O)C1CC(F)(F)CN1.